The number of pyridine rings is 1. The van der Waals surface area contributed by atoms with Gasteiger partial charge in [0.1, 0.15) is 12.7 Å². The van der Waals surface area contributed by atoms with Crippen LogP contribution in [-0.4, -0.2) is 86.5 Å². The number of hydrogen-bond acceptors (Lipinski definition) is 6. The molecule has 15 heteroatoms. The Morgan fingerprint density at radius 3 is 2.23 bits per heavy atom. The number of nitrogens with zero attached hydrogens (tertiary/aromatic N) is 4. The van der Waals surface area contributed by atoms with Crippen LogP contribution in [-0.2, 0) is 9.59 Å². The van der Waals surface area contributed by atoms with E-state index in [9.17, 15) is 36.3 Å². The number of nitrogens with one attached hydrogen (secondary N) is 1. The monoisotopic (exact) mass is 656 g/mol. The molecule has 3 amide bonds. The van der Waals surface area contributed by atoms with Crippen molar-refractivity contribution in [3.05, 3.63) is 65.1 Å². The average molecular weight is 657 g/mol. The number of urea groups is 1. The Balaban J connectivity index is 0. The molecular formula is C29H42F5KN6O3. The van der Waals surface area contributed by atoms with E-state index < -0.39 is 24.4 Å². The molecule has 0 saturated carbocycles. The molecule has 1 aliphatic rings. The number of hydrogen-bond donors (Lipinski definition) is 2. The van der Waals surface area contributed by atoms with Crippen LogP contribution in [0.3, 0.4) is 0 Å². The number of unbranched alkanes of at least 4 members (excludes halogenated alkanes) is 1. The molecule has 1 aromatic heterocycles. The number of benzene rings is 1. The SMILES string of the molecule is CC(CCCC=O)c1cccc(F)c1F.CN(C)CC(F)(F)F.CNC1CCN(C(N)=O)CC1.O=C[N-]c1ccccn1.[K+]. The van der Waals surface area contributed by atoms with Crippen LogP contribution in [0.1, 0.15) is 50.5 Å². The van der Waals surface area contributed by atoms with Crippen molar-refractivity contribution in [3.63, 3.8) is 0 Å². The van der Waals surface area contributed by atoms with Crippen molar-refractivity contribution >= 4 is 24.5 Å². The first-order valence-electron chi connectivity index (χ1n) is 13.6. The molecule has 2 aromatic rings. The summed E-state index contributed by atoms with van der Waals surface area (Å²) in [6.45, 7) is 2.58. The largest absolute Gasteiger partial charge is 1.00 e. The van der Waals surface area contributed by atoms with Gasteiger partial charge in [-0.3, -0.25) is 0 Å². The molecule has 2 heterocycles. The second-order valence-corrected chi connectivity index (χ2v) is 9.81. The maximum absolute atomic E-state index is 13.3. The summed E-state index contributed by atoms with van der Waals surface area (Å²) in [5, 5.41) is 6.60. The zero-order chi connectivity index (χ0) is 32.8. The van der Waals surface area contributed by atoms with Crippen LogP contribution in [0.5, 0.6) is 0 Å². The minimum atomic E-state index is -4.05. The smallest absolute Gasteiger partial charge is 0.443 e. The number of aldehydes is 1. The van der Waals surface area contributed by atoms with E-state index in [2.05, 4.69) is 15.6 Å². The van der Waals surface area contributed by atoms with Crippen molar-refractivity contribution in [2.45, 2.75) is 57.2 Å². The van der Waals surface area contributed by atoms with Gasteiger partial charge in [-0.2, -0.15) is 13.2 Å². The second-order valence-electron chi connectivity index (χ2n) is 9.81. The molecule has 1 aromatic carbocycles. The summed E-state index contributed by atoms with van der Waals surface area (Å²) < 4.78 is 60.0. The van der Waals surface area contributed by atoms with Gasteiger partial charge in [-0.25, -0.2) is 13.6 Å². The van der Waals surface area contributed by atoms with Crippen molar-refractivity contribution < 1.29 is 87.7 Å². The van der Waals surface area contributed by atoms with E-state index in [1.54, 1.807) is 35.4 Å². The van der Waals surface area contributed by atoms with E-state index in [1.807, 2.05) is 14.0 Å². The molecule has 0 aliphatic carbocycles. The fourth-order valence-corrected chi connectivity index (χ4v) is 3.80. The number of carbonyl (C=O) groups excluding carboxylic acids is 3. The van der Waals surface area contributed by atoms with Crippen molar-refractivity contribution in [2.75, 3.05) is 40.8 Å². The van der Waals surface area contributed by atoms with Gasteiger partial charge in [-0.05, 0) is 64.4 Å². The molecule has 3 N–H and O–H groups in total. The van der Waals surface area contributed by atoms with Gasteiger partial charge < -0.3 is 40.7 Å². The Morgan fingerprint density at radius 1 is 1.16 bits per heavy atom. The number of alkyl halides is 3. The van der Waals surface area contributed by atoms with Gasteiger partial charge in [-0.15, -0.1) is 0 Å². The van der Waals surface area contributed by atoms with Gasteiger partial charge in [0.2, 0.25) is 0 Å². The number of piperidine rings is 1. The Labute approximate surface area is 298 Å². The standard InChI is InChI=1S/C12H14F2O.C7H15N3O.C6H6N2O.C4H8F3N.K/c1-9(5-2-3-8-15)10-6-4-7-11(13)12(10)14;1-9-6-2-4-10(5-3-6)7(8)11;9-5-8-6-3-1-2-4-7-6;1-8(2)3-4(5,6)7;/h4,6-9H,2-3,5H2,1H3;6,9H,2-5H2,1H3,(H2,8,11);1-5H,(H,7,8,9);3H2,1-2H3;/q;;;;+1/p-1. The zero-order valence-electron chi connectivity index (χ0n) is 26.0. The van der Waals surface area contributed by atoms with Crippen LogP contribution in [0, 0.1) is 11.6 Å². The van der Waals surface area contributed by atoms with Gasteiger partial charge >= 0.3 is 63.6 Å². The van der Waals surface area contributed by atoms with E-state index in [0.717, 1.165) is 43.2 Å². The molecule has 44 heavy (non-hydrogen) atoms. The molecule has 1 aliphatic heterocycles. The second kappa shape index (κ2) is 25.2. The number of amides is 3. The number of rotatable bonds is 9. The summed E-state index contributed by atoms with van der Waals surface area (Å²) in [7, 11) is 4.71. The van der Waals surface area contributed by atoms with Crippen molar-refractivity contribution in [1.82, 2.24) is 20.1 Å². The predicted octanol–water partition coefficient (Wildman–Crippen LogP) is 2.54. The van der Waals surface area contributed by atoms with Gasteiger partial charge in [-0.1, -0.05) is 49.3 Å². The van der Waals surface area contributed by atoms with Crippen LogP contribution >= 0.6 is 0 Å². The quantitative estimate of drug-likeness (QED) is 0.185. The summed E-state index contributed by atoms with van der Waals surface area (Å²) in [6.07, 6.45) is 2.75. The number of halogens is 5. The Hall–Kier alpha value is -2.01. The third-order valence-electron chi connectivity index (χ3n) is 6.02. The maximum Gasteiger partial charge on any atom is 1.00 e. The van der Waals surface area contributed by atoms with Crippen molar-refractivity contribution in [1.29, 1.82) is 0 Å². The zero-order valence-corrected chi connectivity index (χ0v) is 29.1. The Kier molecular flexibility index (Phi) is 25.3. The topological polar surface area (TPSA) is 123 Å². The third-order valence-corrected chi connectivity index (χ3v) is 6.02. The predicted molar refractivity (Wildman–Crippen MR) is 156 cm³/mol. The summed E-state index contributed by atoms with van der Waals surface area (Å²) >= 11 is 0. The van der Waals surface area contributed by atoms with E-state index in [4.69, 9.17) is 5.73 Å². The number of primary amides is 1. The Morgan fingerprint density at radius 2 is 1.80 bits per heavy atom. The Bertz CT molecular complexity index is 1060. The molecule has 1 unspecified atom stereocenters. The summed E-state index contributed by atoms with van der Waals surface area (Å²) in [5.74, 6) is -1.18. The van der Waals surface area contributed by atoms with Crippen LogP contribution in [0.4, 0.5) is 32.6 Å². The maximum atomic E-state index is 13.3. The van der Waals surface area contributed by atoms with E-state index >= 15 is 0 Å². The number of aromatic nitrogens is 1. The number of carbonyl (C=O) groups is 3. The van der Waals surface area contributed by atoms with Gasteiger partial charge in [0.15, 0.2) is 11.6 Å². The van der Waals surface area contributed by atoms with Crippen LogP contribution in [0.15, 0.2) is 42.6 Å². The molecule has 0 bridgehead atoms. The molecule has 0 radical (unpaired) electrons. The summed E-state index contributed by atoms with van der Waals surface area (Å²) in [5.41, 5.74) is 5.51. The minimum absolute atomic E-state index is 0. The van der Waals surface area contributed by atoms with Gasteiger partial charge in [0, 0.05) is 25.6 Å². The van der Waals surface area contributed by atoms with Gasteiger partial charge in [0.05, 0.1) is 6.54 Å². The van der Waals surface area contributed by atoms with Crippen LogP contribution < -0.4 is 62.4 Å². The normalized spacial score (nSPS) is 13.4. The third kappa shape index (κ3) is 21.6. The average Bonchev–Trinajstić information content (AvgIpc) is 2.95. The van der Waals surface area contributed by atoms with Crippen molar-refractivity contribution in [2.24, 2.45) is 5.73 Å². The first-order valence-corrected chi connectivity index (χ1v) is 13.6. The number of likely N-dealkylation sites (tertiary alicyclic amines) is 1. The molecule has 3 rings (SSSR count). The molecule has 9 nitrogen and oxygen atoms in total. The van der Waals surface area contributed by atoms with Gasteiger partial charge in [0.25, 0.3) is 0 Å². The molecular weight excluding hydrogens is 614 g/mol. The molecule has 0 spiro atoms. The van der Waals surface area contributed by atoms with Crippen LogP contribution in [0.25, 0.3) is 5.32 Å². The summed E-state index contributed by atoms with van der Waals surface area (Å²) in [6, 6.07) is 9.67. The molecule has 1 atom stereocenters. The molecule has 1 fully saturated rings. The summed E-state index contributed by atoms with van der Waals surface area (Å²) in [4.78, 5) is 37.1. The van der Waals surface area contributed by atoms with E-state index in [1.165, 1.54) is 20.2 Å². The number of nitrogens with two attached hydrogens (primary N) is 1. The first-order chi connectivity index (χ1) is 20.2. The molecule has 242 valence electrons. The van der Waals surface area contributed by atoms with Crippen molar-refractivity contribution in [3.8, 4) is 0 Å². The van der Waals surface area contributed by atoms with Crippen LogP contribution in [0.2, 0.25) is 0 Å². The van der Waals surface area contributed by atoms with E-state index in [0.29, 0.717) is 43.1 Å². The molecule has 1 saturated heterocycles. The fraction of sp³-hybridized carbons (Fsp3) is 0.517. The fourth-order valence-electron chi connectivity index (χ4n) is 3.80. The first kappa shape index (κ1) is 44.1. The minimum Gasteiger partial charge on any atom is -0.443 e. The van der Waals surface area contributed by atoms with E-state index in [-0.39, 0.29) is 63.3 Å².